The highest BCUT2D eigenvalue weighted by Crippen LogP contribution is 2.45. The molecule has 0 radical (unpaired) electrons. The number of carbonyl (C=O) groups excluding carboxylic acids is 1. The van der Waals surface area contributed by atoms with E-state index < -0.39 is 5.63 Å². The highest BCUT2D eigenvalue weighted by atomic mass is 16.4. The topological polar surface area (TPSA) is 66.9 Å². The van der Waals surface area contributed by atoms with Crippen molar-refractivity contribution >= 4 is 27.8 Å². The number of aryl methyl sites for hydroxylation is 4. The van der Waals surface area contributed by atoms with E-state index in [0.29, 0.717) is 29.0 Å². The fourth-order valence-electron chi connectivity index (χ4n) is 8.34. The molecule has 1 unspecified atom stereocenters. The Balaban J connectivity index is 1.25. The maximum atomic E-state index is 14.0. The summed E-state index contributed by atoms with van der Waals surface area (Å²) in [5.74, 6) is 2.04. The molecule has 4 atom stereocenters. The van der Waals surface area contributed by atoms with E-state index in [1.165, 1.54) is 37.8 Å². The first-order valence-electron chi connectivity index (χ1n) is 14.5. The summed E-state index contributed by atoms with van der Waals surface area (Å²) < 4.78 is 12.0. The molecule has 3 aromatic rings. The molecule has 7 rings (SSSR count). The van der Waals surface area contributed by atoms with Crippen LogP contribution in [-0.4, -0.2) is 47.4 Å². The molecule has 0 spiro atoms. The first-order chi connectivity index (χ1) is 18.3. The third-order valence-corrected chi connectivity index (χ3v) is 10.2. The molecule has 2 aromatic heterocycles. The highest BCUT2D eigenvalue weighted by molar-refractivity contribution is 6.07. The van der Waals surface area contributed by atoms with E-state index in [0.717, 1.165) is 64.7 Å². The molecule has 3 aliphatic heterocycles. The van der Waals surface area contributed by atoms with E-state index in [2.05, 4.69) is 22.8 Å². The van der Waals surface area contributed by atoms with Crippen LogP contribution in [0.15, 0.2) is 31.3 Å². The molecule has 6 nitrogen and oxygen atoms in total. The fraction of sp³-hybridized carbons (Fsp3) is 0.562. The lowest BCUT2D eigenvalue weighted by Crippen LogP contribution is -2.60. The second-order valence-corrected chi connectivity index (χ2v) is 12.3. The van der Waals surface area contributed by atoms with Gasteiger partial charge in [-0.05, 0) is 101 Å². The summed E-state index contributed by atoms with van der Waals surface area (Å²) >= 11 is 0. The zero-order valence-corrected chi connectivity index (χ0v) is 23.1. The van der Waals surface area contributed by atoms with Crippen molar-refractivity contribution in [2.24, 2.45) is 11.8 Å². The van der Waals surface area contributed by atoms with Crippen molar-refractivity contribution in [2.45, 2.75) is 84.7 Å². The van der Waals surface area contributed by atoms with Crippen molar-refractivity contribution in [3.63, 3.8) is 0 Å². The number of rotatable bonds is 2. The first-order valence-corrected chi connectivity index (χ1v) is 14.5. The molecular weight excluding hydrogens is 476 g/mol. The van der Waals surface area contributed by atoms with Gasteiger partial charge in [0.05, 0.1) is 23.4 Å². The van der Waals surface area contributed by atoms with Crippen LogP contribution in [0.25, 0.3) is 21.9 Å². The molecule has 4 aliphatic rings. The minimum absolute atomic E-state index is 0.0460. The number of benzene rings is 1. The van der Waals surface area contributed by atoms with Crippen molar-refractivity contribution in [2.75, 3.05) is 19.6 Å². The monoisotopic (exact) mass is 514 g/mol. The predicted octanol–water partition coefficient (Wildman–Crippen LogP) is 5.74. The molecule has 1 amide bonds. The molecule has 1 aromatic carbocycles. The number of furan rings is 1. The number of likely N-dealkylation sites (tertiary alicyclic amines) is 1. The van der Waals surface area contributed by atoms with Gasteiger partial charge in [0.15, 0.2) is 0 Å². The van der Waals surface area contributed by atoms with Gasteiger partial charge in [-0.2, -0.15) is 0 Å². The van der Waals surface area contributed by atoms with Crippen LogP contribution in [-0.2, 0) is 11.2 Å². The van der Waals surface area contributed by atoms with Crippen molar-refractivity contribution < 1.29 is 13.6 Å². The highest BCUT2D eigenvalue weighted by Gasteiger charge is 2.47. The third kappa shape index (κ3) is 3.55. The summed E-state index contributed by atoms with van der Waals surface area (Å²) in [6.45, 7) is 11.0. The summed E-state index contributed by atoms with van der Waals surface area (Å²) in [6, 6.07) is 2.79. The average molecular weight is 515 g/mol. The molecular formula is C32H38N2O4. The number of fused-ring (bicyclic) bond motifs is 9. The van der Waals surface area contributed by atoms with Crippen LogP contribution < -0.4 is 5.63 Å². The summed E-state index contributed by atoms with van der Waals surface area (Å²) in [4.78, 5) is 32.0. The van der Waals surface area contributed by atoms with Crippen molar-refractivity contribution in [3.05, 3.63) is 56.1 Å². The van der Waals surface area contributed by atoms with Gasteiger partial charge in [-0.25, -0.2) is 4.79 Å². The Morgan fingerprint density at radius 3 is 2.71 bits per heavy atom. The van der Waals surface area contributed by atoms with Gasteiger partial charge in [-0.15, -0.1) is 0 Å². The molecule has 6 heteroatoms. The number of amides is 1. The van der Waals surface area contributed by atoms with E-state index in [-0.39, 0.29) is 18.4 Å². The second kappa shape index (κ2) is 8.84. The summed E-state index contributed by atoms with van der Waals surface area (Å²) in [5.41, 5.74) is 5.74. The van der Waals surface area contributed by atoms with E-state index >= 15 is 0 Å². The maximum Gasteiger partial charge on any atom is 0.340 e. The number of hydrogen-bond donors (Lipinski definition) is 0. The van der Waals surface area contributed by atoms with Crippen LogP contribution in [0.4, 0.5) is 0 Å². The molecule has 5 heterocycles. The van der Waals surface area contributed by atoms with Gasteiger partial charge in [0.25, 0.3) is 0 Å². The van der Waals surface area contributed by atoms with Crippen LogP contribution in [0.1, 0.15) is 66.5 Å². The number of nitrogens with zero attached hydrogens (tertiary/aromatic N) is 2. The summed E-state index contributed by atoms with van der Waals surface area (Å²) in [5, 5.41) is 1.88. The van der Waals surface area contributed by atoms with Crippen LogP contribution in [0, 0.1) is 39.5 Å². The fourth-order valence-corrected chi connectivity index (χ4v) is 8.34. The standard InChI is InChI=1S/C32H38N2O4/c1-17-12-26-29(31-28(17)18(2)20(4)37-31)19(3)24(32(36)38-26)15-27(35)34-11-7-8-21-13-22-14-23(30(21)34)16-33-10-6-5-9-25(22)33/h12-13,22-23,25,30H,5-11,14-16H2,1-4H3/t22-,23?,25+,30+/m0/s1. The molecule has 3 saturated heterocycles. The van der Waals surface area contributed by atoms with Crippen molar-refractivity contribution in [1.82, 2.24) is 9.80 Å². The van der Waals surface area contributed by atoms with Crippen molar-refractivity contribution in [1.29, 1.82) is 0 Å². The first kappa shape index (κ1) is 24.2. The zero-order chi connectivity index (χ0) is 26.3. The lowest BCUT2D eigenvalue weighted by atomic mass is 9.68. The minimum atomic E-state index is -0.410. The lowest BCUT2D eigenvalue weighted by molar-refractivity contribution is -0.135. The molecule has 1 aliphatic carbocycles. The normalized spacial score (nSPS) is 27.4. The van der Waals surface area contributed by atoms with Gasteiger partial charge >= 0.3 is 5.63 Å². The molecule has 38 heavy (non-hydrogen) atoms. The molecule has 0 saturated carbocycles. The summed E-state index contributed by atoms with van der Waals surface area (Å²) in [7, 11) is 0. The Hall–Kier alpha value is -2.86. The predicted molar refractivity (Wildman–Crippen MR) is 149 cm³/mol. The maximum absolute atomic E-state index is 14.0. The van der Waals surface area contributed by atoms with Gasteiger partial charge in [-0.1, -0.05) is 18.1 Å². The Morgan fingerprint density at radius 2 is 1.87 bits per heavy atom. The van der Waals surface area contributed by atoms with Gasteiger partial charge in [0.1, 0.15) is 16.9 Å². The number of hydrogen-bond acceptors (Lipinski definition) is 5. The van der Waals surface area contributed by atoms with E-state index in [9.17, 15) is 9.59 Å². The smallest absolute Gasteiger partial charge is 0.340 e. The molecule has 200 valence electrons. The van der Waals surface area contributed by atoms with E-state index in [1.807, 2.05) is 26.8 Å². The number of piperidine rings is 3. The molecule has 2 bridgehead atoms. The van der Waals surface area contributed by atoms with Crippen LogP contribution in [0.5, 0.6) is 0 Å². The Bertz CT molecular complexity index is 1560. The minimum Gasteiger partial charge on any atom is -0.460 e. The van der Waals surface area contributed by atoms with Crippen LogP contribution in [0.3, 0.4) is 0 Å². The Labute approximate surface area is 223 Å². The SMILES string of the molecule is Cc1oc2c(c(C)cc3oc(=O)c(CC(=O)N4CCCC5=C[C@H]6CC(CN7CCCC[C@H]67)[C@@H]54)c(C)c32)c1C. The van der Waals surface area contributed by atoms with Gasteiger partial charge < -0.3 is 13.7 Å². The van der Waals surface area contributed by atoms with Gasteiger partial charge in [0, 0.05) is 24.5 Å². The largest absolute Gasteiger partial charge is 0.460 e. The quantitative estimate of drug-likeness (QED) is 0.322. The van der Waals surface area contributed by atoms with Gasteiger partial charge in [-0.3, -0.25) is 9.69 Å². The molecule has 0 N–H and O–H groups in total. The van der Waals surface area contributed by atoms with Crippen LogP contribution >= 0.6 is 0 Å². The zero-order valence-electron chi connectivity index (χ0n) is 23.1. The summed E-state index contributed by atoms with van der Waals surface area (Å²) in [6.07, 6.45) is 9.84. The average Bonchev–Trinajstić information content (AvgIpc) is 3.20. The number of carbonyl (C=O) groups is 1. The Morgan fingerprint density at radius 1 is 1.03 bits per heavy atom. The van der Waals surface area contributed by atoms with Crippen molar-refractivity contribution in [3.8, 4) is 0 Å². The third-order valence-electron chi connectivity index (χ3n) is 10.2. The lowest BCUT2D eigenvalue weighted by Gasteiger charge is -2.54. The van der Waals surface area contributed by atoms with Gasteiger partial charge in [0.2, 0.25) is 5.91 Å². The second-order valence-electron chi connectivity index (χ2n) is 12.3. The van der Waals surface area contributed by atoms with Crippen LogP contribution in [0.2, 0.25) is 0 Å². The molecule has 3 fully saturated rings. The van der Waals surface area contributed by atoms with E-state index in [4.69, 9.17) is 8.83 Å². The van der Waals surface area contributed by atoms with E-state index in [1.54, 1.807) is 0 Å². The Kier molecular flexibility index (Phi) is 5.63.